The molecule has 1 aromatic carbocycles. The maximum atomic E-state index is 13.7. The lowest BCUT2D eigenvalue weighted by Crippen LogP contribution is -2.11. The number of benzene rings is 1. The normalized spacial score (nSPS) is 12.2. The van der Waals surface area contributed by atoms with Gasteiger partial charge in [0.2, 0.25) is 0 Å². The molecule has 0 unspecified atom stereocenters. The van der Waals surface area contributed by atoms with E-state index < -0.39 is 0 Å². The standard InChI is InChI=1S/C15H17FN2O/c1-11(17)13-6-4-7-14(16)15(13)19-10-8-12-5-2-3-9-18-12/h2-7,9,11H,8,10,17H2,1H3/t11-/m0/s1. The van der Waals surface area contributed by atoms with Gasteiger partial charge >= 0.3 is 0 Å². The predicted molar refractivity (Wildman–Crippen MR) is 72.4 cm³/mol. The minimum absolute atomic E-state index is 0.244. The molecule has 0 radical (unpaired) electrons. The number of hydrogen-bond donors (Lipinski definition) is 1. The van der Waals surface area contributed by atoms with E-state index in [1.807, 2.05) is 18.2 Å². The summed E-state index contributed by atoms with van der Waals surface area (Å²) in [5, 5.41) is 0. The number of pyridine rings is 1. The Hall–Kier alpha value is -1.94. The average molecular weight is 260 g/mol. The van der Waals surface area contributed by atoms with Gasteiger partial charge in [-0.3, -0.25) is 4.98 Å². The van der Waals surface area contributed by atoms with Crippen molar-refractivity contribution in [2.24, 2.45) is 5.73 Å². The summed E-state index contributed by atoms with van der Waals surface area (Å²) in [5.41, 5.74) is 7.41. The van der Waals surface area contributed by atoms with Crippen molar-refractivity contribution in [1.29, 1.82) is 0 Å². The van der Waals surface area contributed by atoms with Crippen molar-refractivity contribution in [2.45, 2.75) is 19.4 Å². The van der Waals surface area contributed by atoms with Crippen LogP contribution in [0.25, 0.3) is 0 Å². The number of ether oxygens (including phenoxy) is 1. The fraction of sp³-hybridized carbons (Fsp3) is 0.267. The molecular weight excluding hydrogens is 243 g/mol. The minimum Gasteiger partial charge on any atom is -0.490 e. The van der Waals surface area contributed by atoms with Crippen molar-refractivity contribution in [2.75, 3.05) is 6.61 Å². The van der Waals surface area contributed by atoms with Gasteiger partial charge in [0.15, 0.2) is 11.6 Å². The topological polar surface area (TPSA) is 48.1 Å². The van der Waals surface area contributed by atoms with Gasteiger partial charge in [-0.25, -0.2) is 4.39 Å². The van der Waals surface area contributed by atoms with Crippen molar-refractivity contribution >= 4 is 0 Å². The molecule has 0 aliphatic heterocycles. The molecule has 1 heterocycles. The van der Waals surface area contributed by atoms with Crippen LogP contribution in [0.4, 0.5) is 4.39 Å². The summed E-state index contributed by atoms with van der Waals surface area (Å²) in [7, 11) is 0. The van der Waals surface area contributed by atoms with Crippen molar-refractivity contribution in [3.8, 4) is 5.75 Å². The minimum atomic E-state index is -0.379. The number of nitrogens with two attached hydrogens (primary N) is 1. The van der Waals surface area contributed by atoms with Gasteiger partial charge in [0.05, 0.1) is 6.61 Å². The van der Waals surface area contributed by atoms with Crippen LogP contribution in [0.15, 0.2) is 42.6 Å². The Bertz CT molecular complexity index is 529. The molecule has 3 nitrogen and oxygen atoms in total. The van der Waals surface area contributed by atoms with E-state index in [-0.39, 0.29) is 17.6 Å². The number of nitrogens with zero attached hydrogens (tertiary/aromatic N) is 1. The van der Waals surface area contributed by atoms with Crippen LogP contribution in [0.3, 0.4) is 0 Å². The highest BCUT2D eigenvalue weighted by Gasteiger charge is 2.12. The highest BCUT2D eigenvalue weighted by molar-refractivity contribution is 5.37. The smallest absolute Gasteiger partial charge is 0.165 e. The van der Waals surface area contributed by atoms with Crippen molar-refractivity contribution in [1.82, 2.24) is 4.98 Å². The highest BCUT2D eigenvalue weighted by Crippen LogP contribution is 2.27. The largest absolute Gasteiger partial charge is 0.490 e. The van der Waals surface area contributed by atoms with Crippen LogP contribution in [-0.4, -0.2) is 11.6 Å². The molecule has 19 heavy (non-hydrogen) atoms. The Balaban J connectivity index is 2.03. The second-order valence-electron chi connectivity index (χ2n) is 4.37. The molecule has 0 aliphatic carbocycles. The lowest BCUT2D eigenvalue weighted by atomic mass is 10.1. The first-order chi connectivity index (χ1) is 9.18. The zero-order valence-electron chi connectivity index (χ0n) is 10.8. The summed E-state index contributed by atoms with van der Waals surface area (Å²) in [6.07, 6.45) is 2.36. The third kappa shape index (κ3) is 3.51. The van der Waals surface area contributed by atoms with Crippen LogP contribution in [0, 0.1) is 5.82 Å². The van der Waals surface area contributed by atoms with Gasteiger partial charge in [-0.05, 0) is 25.1 Å². The quantitative estimate of drug-likeness (QED) is 0.899. The van der Waals surface area contributed by atoms with Gasteiger partial charge in [-0.1, -0.05) is 18.2 Å². The van der Waals surface area contributed by atoms with Gasteiger partial charge in [-0.2, -0.15) is 0 Å². The van der Waals surface area contributed by atoms with Crippen molar-refractivity contribution in [3.63, 3.8) is 0 Å². The Morgan fingerprint density at radius 2 is 2.11 bits per heavy atom. The van der Waals surface area contributed by atoms with Crippen LogP contribution in [0.2, 0.25) is 0 Å². The number of para-hydroxylation sites is 1. The fourth-order valence-electron chi connectivity index (χ4n) is 1.84. The molecule has 0 spiro atoms. The van der Waals surface area contributed by atoms with Crippen molar-refractivity contribution in [3.05, 3.63) is 59.7 Å². The van der Waals surface area contributed by atoms with E-state index >= 15 is 0 Å². The Kier molecular flexibility index (Phi) is 4.47. The molecule has 4 heteroatoms. The first-order valence-electron chi connectivity index (χ1n) is 6.25. The molecule has 0 bridgehead atoms. The van der Waals surface area contributed by atoms with Gasteiger partial charge in [0.25, 0.3) is 0 Å². The molecule has 0 saturated heterocycles. The van der Waals surface area contributed by atoms with E-state index in [4.69, 9.17) is 10.5 Å². The van der Waals surface area contributed by atoms with Crippen LogP contribution in [0.1, 0.15) is 24.2 Å². The Morgan fingerprint density at radius 1 is 1.26 bits per heavy atom. The third-order valence-corrected chi connectivity index (χ3v) is 2.82. The van der Waals surface area contributed by atoms with E-state index in [1.165, 1.54) is 6.07 Å². The third-order valence-electron chi connectivity index (χ3n) is 2.82. The molecule has 2 rings (SSSR count). The Morgan fingerprint density at radius 3 is 2.79 bits per heavy atom. The van der Waals surface area contributed by atoms with E-state index in [0.717, 1.165) is 5.69 Å². The van der Waals surface area contributed by atoms with Gasteiger partial charge in [-0.15, -0.1) is 0 Å². The summed E-state index contributed by atoms with van der Waals surface area (Å²) in [5.74, 6) is -0.135. The molecule has 0 fully saturated rings. The van der Waals surface area contributed by atoms with E-state index in [2.05, 4.69) is 4.98 Å². The number of aromatic nitrogens is 1. The molecule has 100 valence electrons. The molecule has 0 saturated carbocycles. The number of hydrogen-bond acceptors (Lipinski definition) is 3. The number of halogens is 1. The first kappa shape index (κ1) is 13.5. The van der Waals surface area contributed by atoms with Crippen LogP contribution in [0.5, 0.6) is 5.75 Å². The van der Waals surface area contributed by atoms with Gasteiger partial charge in [0.1, 0.15) is 0 Å². The predicted octanol–water partition coefficient (Wildman–Crippen LogP) is 2.86. The van der Waals surface area contributed by atoms with E-state index in [9.17, 15) is 4.39 Å². The number of rotatable bonds is 5. The molecule has 2 N–H and O–H groups in total. The SMILES string of the molecule is C[C@H](N)c1cccc(F)c1OCCc1ccccn1. The molecule has 0 aliphatic rings. The van der Waals surface area contributed by atoms with Crippen molar-refractivity contribution < 1.29 is 9.13 Å². The highest BCUT2D eigenvalue weighted by atomic mass is 19.1. The fourth-order valence-corrected chi connectivity index (χ4v) is 1.84. The van der Waals surface area contributed by atoms with E-state index in [0.29, 0.717) is 18.6 Å². The zero-order valence-corrected chi connectivity index (χ0v) is 10.8. The van der Waals surface area contributed by atoms with Crippen LogP contribution < -0.4 is 10.5 Å². The summed E-state index contributed by atoms with van der Waals surface area (Å²) >= 11 is 0. The maximum absolute atomic E-state index is 13.7. The van der Waals surface area contributed by atoms with Gasteiger partial charge < -0.3 is 10.5 Å². The van der Waals surface area contributed by atoms with Gasteiger partial charge in [0, 0.05) is 29.9 Å². The average Bonchev–Trinajstić information content (AvgIpc) is 2.41. The lowest BCUT2D eigenvalue weighted by Gasteiger charge is -2.14. The molecule has 0 amide bonds. The second kappa shape index (κ2) is 6.29. The molecule has 1 atom stereocenters. The summed E-state index contributed by atoms with van der Waals surface area (Å²) in [4.78, 5) is 4.19. The summed E-state index contributed by atoms with van der Waals surface area (Å²) < 4.78 is 19.3. The molecule has 1 aromatic heterocycles. The first-order valence-corrected chi connectivity index (χ1v) is 6.25. The molecular formula is C15H17FN2O. The van der Waals surface area contributed by atoms with Crippen LogP contribution in [-0.2, 0) is 6.42 Å². The monoisotopic (exact) mass is 260 g/mol. The zero-order chi connectivity index (χ0) is 13.7. The maximum Gasteiger partial charge on any atom is 0.165 e. The van der Waals surface area contributed by atoms with E-state index in [1.54, 1.807) is 25.3 Å². The Labute approximate surface area is 112 Å². The van der Waals surface area contributed by atoms with Crippen LogP contribution >= 0.6 is 0 Å². The summed E-state index contributed by atoms with van der Waals surface area (Å²) in [6, 6.07) is 10.2. The molecule has 2 aromatic rings. The summed E-state index contributed by atoms with van der Waals surface area (Å²) in [6.45, 7) is 2.18. The second-order valence-corrected chi connectivity index (χ2v) is 4.37. The lowest BCUT2D eigenvalue weighted by molar-refractivity contribution is 0.299.